The lowest BCUT2D eigenvalue weighted by molar-refractivity contribution is -0.114. The molecular weight excluding hydrogens is 396 g/mol. The summed E-state index contributed by atoms with van der Waals surface area (Å²) in [5, 5.41) is 15.7. The number of hydrogen-bond donors (Lipinski definition) is 3. The Hall–Kier alpha value is -4.20. The summed E-state index contributed by atoms with van der Waals surface area (Å²) in [6.07, 6.45) is 1.56. The smallest absolute Gasteiger partial charge is 0.335 e. The number of carboxylic acids is 1. The summed E-state index contributed by atoms with van der Waals surface area (Å²) >= 11 is 0. The fraction of sp³-hybridized carbons (Fsp3) is 0.130. The normalized spacial score (nSPS) is 10.8. The van der Waals surface area contributed by atoms with Gasteiger partial charge in [-0.15, -0.1) is 0 Å². The number of nitrogens with one attached hydrogen (secondary N) is 2. The van der Waals surface area contributed by atoms with Gasteiger partial charge >= 0.3 is 5.97 Å². The van der Waals surface area contributed by atoms with Crippen LogP contribution in [0.4, 0.5) is 5.69 Å². The third-order valence-electron chi connectivity index (χ3n) is 4.66. The molecule has 8 heteroatoms. The molecule has 0 unspecified atom stereocenters. The Bertz CT molecular complexity index is 1180. The van der Waals surface area contributed by atoms with Crippen molar-refractivity contribution in [3.8, 4) is 5.69 Å². The average Bonchev–Trinajstić information content (AvgIpc) is 3.01. The fourth-order valence-electron chi connectivity index (χ4n) is 3.24. The second-order valence-electron chi connectivity index (χ2n) is 6.98. The molecule has 0 atom stereocenters. The summed E-state index contributed by atoms with van der Waals surface area (Å²) in [6.45, 7) is 5.24. The van der Waals surface area contributed by atoms with Gasteiger partial charge in [-0.25, -0.2) is 10.2 Å². The summed E-state index contributed by atoms with van der Waals surface area (Å²) in [6, 6.07) is 15.1. The van der Waals surface area contributed by atoms with Gasteiger partial charge < -0.3 is 15.0 Å². The van der Waals surface area contributed by atoms with Crippen molar-refractivity contribution in [2.45, 2.75) is 20.8 Å². The van der Waals surface area contributed by atoms with E-state index in [9.17, 15) is 14.4 Å². The highest BCUT2D eigenvalue weighted by molar-refractivity contribution is 5.97. The predicted octanol–water partition coefficient (Wildman–Crippen LogP) is 3.51. The van der Waals surface area contributed by atoms with Crippen molar-refractivity contribution in [2.24, 2.45) is 5.10 Å². The Morgan fingerprint density at radius 2 is 1.71 bits per heavy atom. The largest absolute Gasteiger partial charge is 0.478 e. The van der Waals surface area contributed by atoms with Gasteiger partial charge in [0, 0.05) is 40.8 Å². The minimum absolute atomic E-state index is 0.219. The van der Waals surface area contributed by atoms with Crippen LogP contribution in [-0.2, 0) is 4.79 Å². The molecule has 0 saturated carbocycles. The number of carbonyl (C=O) groups excluding carboxylic acids is 2. The van der Waals surface area contributed by atoms with E-state index in [-0.39, 0.29) is 11.5 Å². The number of aromatic nitrogens is 1. The van der Waals surface area contributed by atoms with Crippen molar-refractivity contribution < 1.29 is 19.5 Å². The van der Waals surface area contributed by atoms with Crippen molar-refractivity contribution in [3.05, 3.63) is 82.7 Å². The molecular formula is C23H22N4O4. The summed E-state index contributed by atoms with van der Waals surface area (Å²) in [4.78, 5) is 34.6. The van der Waals surface area contributed by atoms with E-state index in [0.29, 0.717) is 11.3 Å². The molecule has 0 spiro atoms. The number of aromatic carboxylic acids is 1. The Labute approximate surface area is 179 Å². The monoisotopic (exact) mass is 418 g/mol. The molecule has 3 aromatic rings. The number of amides is 2. The number of anilines is 1. The predicted molar refractivity (Wildman–Crippen MR) is 118 cm³/mol. The second kappa shape index (κ2) is 9.08. The topological polar surface area (TPSA) is 113 Å². The molecule has 0 fully saturated rings. The molecule has 158 valence electrons. The third-order valence-corrected chi connectivity index (χ3v) is 4.66. The van der Waals surface area contributed by atoms with Crippen LogP contribution in [0, 0.1) is 13.8 Å². The zero-order valence-electron chi connectivity index (χ0n) is 17.3. The van der Waals surface area contributed by atoms with Gasteiger partial charge in [-0.3, -0.25) is 9.59 Å². The maximum atomic E-state index is 12.3. The van der Waals surface area contributed by atoms with Crippen LogP contribution in [0.5, 0.6) is 0 Å². The molecule has 1 aromatic heterocycles. The van der Waals surface area contributed by atoms with Gasteiger partial charge in [-0.1, -0.05) is 6.07 Å². The van der Waals surface area contributed by atoms with Crippen molar-refractivity contribution in [3.63, 3.8) is 0 Å². The molecule has 0 aliphatic carbocycles. The summed E-state index contributed by atoms with van der Waals surface area (Å²) < 4.78 is 1.98. The molecule has 2 amide bonds. The minimum Gasteiger partial charge on any atom is -0.478 e. The number of hydrazone groups is 1. The van der Waals surface area contributed by atoms with Crippen molar-refractivity contribution >= 4 is 29.7 Å². The second-order valence-corrected chi connectivity index (χ2v) is 6.98. The zero-order chi connectivity index (χ0) is 22.5. The Morgan fingerprint density at radius 3 is 2.35 bits per heavy atom. The van der Waals surface area contributed by atoms with Crippen LogP contribution >= 0.6 is 0 Å². The summed E-state index contributed by atoms with van der Waals surface area (Å²) in [5.41, 5.74) is 7.08. The zero-order valence-corrected chi connectivity index (χ0v) is 17.3. The molecule has 1 heterocycles. The highest BCUT2D eigenvalue weighted by Crippen LogP contribution is 2.20. The van der Waals surface area contributed by atoms with Gasteiger partial charge in [0.2, 0.25) is 5.91 Å². The summed E-state index contributed by atoms with van der Waals surface area (Å²) in [7, 11) is 0. The van der Waals surface area contributed by atoms with Crippen LogP contribution in [0.3, 0.4) is 0 Å². The Balaban J connectivity index is 1.75. The van der Waals surface area contributed by atoms with E-state index in [2.05, 4.69) is 15.8 Å². The molecule has 0 bridgehead atoms. The third kappa shape index (κ3) is 5.05. The van der Waals surface area contributed by atoms with E-state index in [1.165, 1.54) is 6.92 Å². The first kappa shape index (κ1) is 21.5. The minimum atomic E-state index is -0.973. The van der Waals surface area contributed by atoms with Gasteiger partial charge in [0.05, 0.1) is 11.8 Å². The lowest BCUT2D eigenvalue weighted by atomic mass is 10.2. The van der Waals surface area contributed by atoms with Crippen LogP contribution in [0.15, 0.2) is 59.7 Å². The number of nitrogens with zero attached hydrogens (tertiary/aromatic N) is 2. The molecule has 31 heavy (non-hydrogen) atoms. The molecule has 0 aliphatic heterocycles. The van der Waals surface area contributed by atoms with Gasteiger partial charge in [-0.05, 0) is 62.4 Å². The Morgan fingerprint density at radius 1 is 1.00 bits per heavy atom. The fourth-order valence-corrected chi connectivity index (χ4v) is 3.24. The Kier molecular flexibility index (Phi) is 6.30. The van der Waals surface area contributed by atoms with Crippen molar-refractivity contribution in [2.75, 3.05) is 5.32 Å². The lowest BCUT2D eigenvalue weighted by Crippen LogP contribution is -2.18. The molecule has 3 N–H and O–H groups in total. The molecule has 0 aliphatic rings. The van der Waals surface area contributed by atoms with Gasteiger partial charge in [0.25, 0.3) is 5.91 Å². The van der Waals surface area contributed by atoms with Crippen LogP contribution in [0.1, 0.15) is 44.6 Å². The van der Waals surface area contributed by atoms with Crippen LogP contribution in [0.25, 0.3) is 5.69 Å². The van der Waals surface area contributed by atoms with E-state index in [0.717, 1.165) is 22.6 Å². The molecule has 3 rings (SSSR count). The average molecular weight is 418 g/mol. The molecule has 0 saturated heterocycles. The molecule has 8 nitrogen and oxygen atoms in total. The number of carboxylic acid groups (broad SMARTS) is 1. The van der Waals surface area contributed by atoms with Crippen molar-refractivity contribution in [1.82, 2.24) is 9.99 Å². The van der Waals surface area contributed by atoms with E-state index in [4.69, 9.17) is 5.11 Å². The van der Waals surface area contributed by atoms with E-state index < -0.39 is 11.9 Å². The highest BCUT2D eigenvalue weighted by Gasteiger charge is 2.11. The first-order valence-electron chi connectivity index (χ1n) is 9.50. The van der Waals surface area contributed by atoms with Crippen LogP contribution < -0.4 is 10.7 Å². The first-order chi connectivity index (χ1) is 14.8. The molecule has 0 radical (unpaired) electrons. The number of carbonyl (C=O) groups is 3. The van der Waals surface area contributed by atoms with Gasteiger partial charge in [-0.2, -0.15) is 5.10 Å². The maximum absolute atomic E-state index is 12.3. The van der Waals surface area contributed by atoms with E-state index in [1.54, 1.807) is 54.7 Å². The number of benzene rings is 2. The highest BCUT2D eigenvalue weighted by atomic mass is 16.4. The van der Waals surface area contributed by atoms with E-state index in [1.807, 2.05) is 24.5 Å². The van der Waals surface area contributed by atoms with Crippen LogP contribution in [-0.4, -0.2) is 33.7 Å². The number of hydrogen-bond acceptors (Lipinski definition) is 4. The summed E-state index contributed by atoms with van der Waals surface area (Å²) in [5.74, 6) is -1.59. The maximum Gasteiger partial charge on any atom is 0.335 e. The van der Waals surface area contributed by atoms with Gasteiger partial charge in [0.1, 0.15) is 0 Å². The van der Waals surface area contributed by atoms with Crippen molar-refractivity contribution in [1.29, 1.82) is 0 Å². The van der Waals surface area contributed by atoms with Gasteiger partial charge in [0.15, 0.2) is 0 Å². The van der Waals surface area contributed by atoms with Crippen LogP contribution in [0.2, 0.25) is 0 Å². The van der Waals surface area contributed by atoms with E-state index >= 15 is 0 Å². The number of aryl methyl sites for hydroxylation is 1. The number of rotatable bonds is 6. The SMILES string of the molecule is CC(=O)Nc1cccc(C(=O)N/N=C/c2cc(C)n(-c3ccc(C(=O)O)cc3)c2C)c1. The standard InChI is InChI=1S/C23H22N4O4/c1-14-11-19(15(2)27(14)21-9-7-17(8-10-21)23(30)31)13-24-26-22(29)18-5-4-6-20(12-18)25-16(3)28/h4-13H,1-3H3,(H,25,28)(H,26,29)(H,30,31)/b24-13+. The quantitative estimate of drug-likeness (QED) is 0.420. The first-order valence-corrected chi connectivity index (χ1v) is 9.50. The molecule has 2 aromatic carbocycles. The lowest BCUT2D eigenvalue weighted by Gasteiger charge is -2.09.